The minimum Gasteiger partial charge on any atom is -0.383 e. The van der Waals surface area contributed by atoms with Gasteiger partial charge in [0.1, 0.15) is 0 Å². The molecule has 0 bridgehead atoms. The zero-order valence-corrected chi connectivity index (χ0v) is 10.4. The van der Waals surface area contributed by atoms with Gasteiger partial charge in [-0.1, -0.05) is 0 Å². The summed E-state index contributed by atoms with van der Waals surface area (Å²) in [6, 6.07) is 0.223. The van der Waals surface area contributed by atoms with Crippen molar-refractivity contribution in [1.29, 1.82) is 0 Å². The first kappa shape index (κ1) is 12.7. The third-order valence-electron chi connectivity index (χ3n) is 2.43. The molecule has 1 rings (SSSR count). The predicted octanol–water partition coefficient (Wildman–Crippen LogP) is 0.664. The van der Waals surface area contributed by atoms with Crippen molar-refractivity contribution >= 4 is 17.3 Å². The van der Waals surface area contributed by atoms with Crippen molar-refractivity contribution in [1.82, 2.24) is 10.6 Å². The summed E-state index contributed by atoms with van der Waals surface area (Å²) in [7, 11) is 1.68. The standard InChI is InChI=1S/C10H20N2O2S/c1-8(6-13-3)11-9(15)12-10(2)4-5-14-7-10/h8H,4-7H2,1-3H3,(H2,11,12,15). The zero-order chi connectivity index (χ0) is 11.3. The van der Waals surface area contributed by atoms with Gasteiger partial charge in [0.15, 0.2) is 5.11 Å². The SMILES string of the molecule is COCC(C)NC(=S)NC1(C)CCOC1. The second kappa shape index (κ2) is 5.63. The van der Waals surface area contributed by atoms with Crippen LogP contribution in [-0.2, 0) is 9.47 Å². The van der Waals surface area contributed by atoms with E-state index >= 15 is 0 Å². The zero-order valence-electron chi connectivity index (χ0n) is 9.63. The molecule has 2 unspecified atom stereocenters. The van der Waals surface area contributed by atoms with Crippen molar-refractivity contribution in [3.05, 3.63) is 0 Å². The molecule has 88 valence electrons. The van der Waals surface area contributed by atoms with Crippen LogP contribution in [-0.4, -0.2) is 43.6 Å². The number of hydrogen-bond acceptors (Lipinski definition) is 3. The smallest absolute Gasteiger partial charge is 0.167 e. The van der Waals surface area contributed by atoms with Crippen molar-refractivity contribution in [3.63, 3.8) is 0 Å². The van der Waals surface area contributed by atoms with Crippen molar-refractivity contribution < 1.29 is 9.47 Å². The molecule has 4 nitrogen and oxygen atoms in total. The molecule has 0 aromatic carbocycles. The number of methoxy groups -OCH3 is 1. The Balaban J connectivity index is 2.28. The van der Waals surface area contributed by atoms with Crippen LogP contribution in [0.15, 0.2) is 0 Å². The fourth-order valence-corrected chi connectivity index (χ4v) is 2.04. The Morgan fingerprint density at radius 3 is 2.93 bits per heavy atom. The van der Waals surface area contributed by atoms with Crippen LogP contribution in [0.3, 0.4) is 0 Å². The van der Waals surface area contributed by atoms with Gasteiger partial charge in [-0.25, -0.2) is 0 Å². The molecule has 1 fully saturated rings. The minimum atomic E-state index is -0.0170. The first-order valence-electron chi connectivity index (χ1n) is 5.21. The topological polar surface area (TPSA) is 42.5 Å². The molecule has 1 saturated heterocycles. The molecule has 0 aliphatic carbocycles. The molecule has 0 radical (unpaired) electrons. The van der Waals surface area contributed by atoms with Gasteiger partial charge in [0.2, 0.25) is 0 Å². The third-order valence-corrected chi connectivity index (χ3v) is 2.65. The Morgan fingerprint density at radius 1 is 1.67 bits per heavy atom. The molecule has 15 heavy (non-hydrogen) atoms. The lowest BCUT2D eigenvalue weighted by Gasteiger charge is -2.27. The molecule has 0 saturated carbocycles. The van der Waals surface area contributed by atoms with E-state index < -0.39 is 0 Å². The molecular weight excluding hydrogens is 212 g/mol. The van der Waals surface area contributed by atoms with E-state index in [0.29, 0.717) is 18.3 Å². The number of hydrogen-bond donors (Lipinski definition) is 2. The fraction of sp³-hybridized carbons (Fsp3) is 0.900. The van der Waals surface area contributed by atoms with Crippen LogP contribution in [0.1, 0.15) is 20.3 Å². The molecule has 0 spiro atoms. The highest BCUT2D eigenvalue weighted by Crippen LogP contribution is 2.16. The molecule has 0 aromatic heterocycles. The van der Waals surface area contributed by atoms with Gasteiger partial charge in [-0.2, -0.15) is 0 Å². The average molecular weight is 232 g/mol. The van der Waals surface area contributed by atoms with E-state index in [1.54, 1.807) is 7.11 Å². The maximum atomic E-state index is 5.34. The Kier molecular flexibility index (Phi) is 4.76. The van der Waals surface area contributed by atoms with E-state index in [-0.39, 0.29) is 11.6 Å². The Bertz CT molecular complexity index is 217. The van der Waals surface area contributed by atoms with Crippen LogP contribution in [0, 0.1) is 0 Å². The second-order valence-corrected chi connectivity index (χ2v) is 4.73. The maximum Gasteiger partial charge on any atom is 0.167 e. The van der Waals surface area contributed by atoms with Gasteiger partial charge in [0.05, 0.1) is 18.8 Å². The quantitative estimate of drug-likeness (QED) is 0.697. The van der Waals surface area contributed by atoms with Crippen LogP contribution in [0.4, 0.5) is 0 Å². The number of ether oxygens (including phenoxy) is 2. The van der Waals surface area contributed by atoms with E-state index in [2.05, 4.69) is 17.6 Å². The van der Waals surface area contributed by atoms with Crippen molar-refractivity contribution in [2.24, 2.45) is 0 Å². The second-order valence-electron chi connectivity index (χ2n) is 4.32. The van der Waals surface area contributed by atoms with Gasteiger partial charge in [0.25, 0.3) is 0 Å². The van der Waals surface area contributed by atoms with E-state index in [0.717, 1.165) is 13.0 Å². The van der Waals surface area contributed by atoms with E-state index in [1.165, 1.54) is 0 Å². The number of thiocarbonyl (C=S) groups is 1. The fourth-order valence-electron chi connectivity index (χ4n) is 1.59. The summed E-state index contributed by atoms with van der Waals surface area (Å²) in [5.74, 6) is 0. The Morgan fingerprint density at radius 2 is 2.40 bits per heavy atom. The lowest BCUT2D eigenvalue weighted by Crippen LogP contribution is -2.52. The van der Waals surface area contributed by atoms with Crippen molar-refractivity contribution in [2.75, 3.05) is 26.9 Å². The molecule has 0 amide bonds. The number of nitrogens with one attached hydrogen (secondary N) is 2. The van der Waals surface area contributed by atoms with Gasteiger partial charge in [-0.15, -0.1) is 0 Å². The van der Waals surface area contributed by atoms with Gasteiger partial charge < -0.3 is 20.1 Å². The normalized spacial score (nSPS) is 27.4. The number of rotatable bonds is 4. The molecule has 2 N–H and O–H groups in total. The molecule has 1 aliphatic heterocycles. The molecule has 0 aromatic rings. The third kappa shape index (κ3) is 4.32. The predicted molar refractivity (Wildman–Crippen MR) is 64.0 cm³/mol. The molecule has 5 heteroatoms. The lowest BCUT2D eigenvalue weighted by atomic mass is 10.0. The molecule has 1 heterocycles. The van der Waals surface area contributed by atoms with Crippen LogP contribution >= 0.6 is 12.2 Å². The summed E-state index contributed by atoms with van der Waals surface area (Å²) in [5.41, 5.74) is -0.0170. The minimum absolute atomic E-state index is 0.0170. The van der Waals surface area contributed by atoms with E-state index in [4.69, 9.17) is 21.7 Å². The molecule has 1 aliphatic rings. The van der Waals surface area contributed by atoms with Gasteiger partial charge in [-0.05, 0) is 32.5 Å². The van der Waals surface area contributed by atoms with Gasteiger partial charge >= 0.3 is 0 Å². The lowest BCUT2D eigenvalue weighted by molar-refractivity contribution is 0.174. The maximum absolute atomic E-state index is 5.34. The summed E-state index contributed by atoms with van der Waals surface area (Å²) in [6.07, 6.45) is 0.994. The summed E-state index contributed by atoms with van der Waals surface area (Å²) in [6.45, 7) is 6.32. The monoisotopic (exact) mass is 232 g/mol. The van der Waals surface area contributed by atoms with E-state index in [9.17, 15) is 0 Å². The van der Waals surface area contributed by atoms with Crippen LogP contribution in [0.2, 0.25) is 0 Å². The molecular formula is C10H20N2O2S. The highest BCUT2D eigenvalue weighted by atomic mass is 32.1. The summed E-state index contributed by atoms with van der Waals surface area (Å²) >= 11 is 5.22. The van der Waals surface area contributed by atoms with Crippen LogP contribution in [0.25, 0.3) is 0 Å². The summed E-state index contributed by atoms with van der Waals surface area (Å²) < 4.78 is 10.4. The highest BCUT2D eigenvalue weighted by Gasteiger charge is 2.30. The average Bonchev–Trinajstić information content (AvgIpc) is 2.51. The van der Waals surface area contributed by atoms with Crippen molar-refractivity contribution in [3.8, 4) is 0 Å². The van der Waals surface area contributed by atoms with E-state index in [1.807, 2.05) is 6.92 Å². The van der Waals surface area contributed by atoms with Crippen LogP contribution < -0.4 is 10.6 Å². The van der Waals surface area contributed by atoms with Crippen molar-refractivity contribution in [2.45, 2.75) is 31.8 Å². The van der Waals surface area contributed by atoms with Gasteiger partial charge in [0, 0.05) is 19.8 Å². The summed E-state index contributed by atoms with van der Waals surface area (Å²) in [5, 5.41) is 7.13. The molecule has 2 atom stereocenters. The first-order chi connectivity index (χ1) is 7.06. The highest BCUT2D eigenvalue weighted by molar-refractivity contribution is 7.80. The largest absolute Gasteiger partial charge is 0.383 e. The Hall–Kier alpha value is -0.390. The van der Waals surface area contributed by atoms with Gasteiger partial charge in [-0.3, -0.25) is 0 Å². The Labute approximate surface area is 96.7 Å². The first-order valence-corrected chi connectivity index (χ1v) is 5.62. The summed E-state index contributed by atoms with van der Waals surface area (Å²) in [4.78, 5) is 0. The van der Waals surface area contributed by atoms with Crippen LogP contribution in [0.5, 0.6) is 0 Å².